The van der Waals surface area contributed by atoms with Crippen molar-refractivity contribution in [2.24, 2.45) is 0 Å². The van der Waals surface area contributed by atoms with Crippen molar-refractivity contribution in [3.8, 4) is 28.3 Å². The molecule has 4 rings (SSSR count). The summed E-state index contributed by atoms with van der Waals surface area (Å²) >= 11 is 0. The van der Waals surface area contributed by atoms with Gasteiger partial charge in [0, 0.05) is 24.4 Å². The number of nitrogen functional groups attached to an aromatic ring is 1. The highest BCUT2D eigenvalue weighted by molar-refractivity contribution is 6.01. The molecule has 5 N–H and O–H groups in total. The zero-order valence-electron chi connectivity index (χ0n) is 17.0. The topological polar surface area (TPSA) is 118 Å². The number of aliphatic hydroxyl groups excluding tert-OH is 1. The molecule has 0 spiro atoms. The Hall–Kier alpha value is -3.62. The molecule has 31 heavy (non-hydrogen) atoms. The molecule has 8 heteroatoms. The van der Waals surface area contributed by atoms with E-state index in [0.29, 0.717) is 24.6 Å². The molecule has 0 aliphatic rings. The monoisotopic (exact) mass is 419 g/mol. The number of benzene rings is 2. The van der Waals surface area contributed by atoms with Crippen LogP contribution in [0.1, 0.15) is 6.42 Å². The molecule has 0 saturated carbocycles. The van der Waals surface area contributed by atoms with Crippen molar-refractivity contribution in [3.05, 3.63) is 61.1 Å². The maximum Gasteiger partial charge on any atom is 0.150 e. The fraction of sp³-hybridized carbons (Fsp3) is 0.217. The minimum Gasteiger partial charge on any atom is -0.508 e. The highest BCUT2D eigenvalue weighted by atomic mass is 16.5. The van der Waals surface area contributed by atoms with E-state index in [0.717, 1.165) is 40.9 Å². The van der Waals surface area contributed by atoms with E-state index < -0.39 is 0 Å². The zero-order chi connectivity index (χ0) is 21.6. The second kappa shape index (κ2) is 9.46. The fourth-order valence-electron chi connectivity index (χ4n) is 3.49. The average Bonchev–Trinajstić information content (AvgIpc) is 3.18. The molecule has 8 nitrogen and oxygen atoms in total. The van der Waals surface area contributed by atoms with Gasteiger partial charge in [0.05, 0.1) is 24.3 Å². The SMILES string of the molecule is Nc1ncnc2c1c(-c1cccc(O)c1)cn2-c1cccc(OCCCNCCO)c1. The van der Waals surface area contributed by atoms with Gasteiger partial charge in [0.1, 0.15) is 23.6 Å². The molecule has 0 bridgehead atoms. The summed E-state index contributed by atoms with van der Waals surface area (Å²) in [7, 11) is 0. The number of phenols is 1. The summed E-state index contributed by atoms with van der Waals surface area (Å²) in [4.78, 5) is 8.62. The number of aromatic hydroxyl groups is 1. The molecule has 0 saturated heterocycles. The number of nitrogens with zero attached hydrogens (tertiary/aromatic N) is 3. The third-order valence-corrected chi connectivity index (χ3v) is 4.92. The highest BCUT2D eigenvalue weighted by Crippen LogP contribution is 2.35. The first-order chi connectivity index (χ1) is 15.2. The quantitative estimate of drug-likeness (QED) is 0.308. The van der Waals surface area contributed by atoms with Gasteiger partial charge in [-0.2, -0.15) is 0 Å². The van der Waals surface area contributed by atoms with Crippen LogP contribution in [0.25, 0.3) is 27.8 Å². The van der Waals surface area contributed by atoms with E-state index in [2.05, 4.69) is 15.3 Å². The Bertz CT molecular complexity index is 1180. The minimum absolute atomic E-state index is 0.131. The predicted octanol–water partition coefficient (Wildman–Crippen LogP) is 2.73. The normalized spacial score (nSPS) is 11.1. The minimum atomic E-state index is 0.131. The molecule has 160 valence electrons. The smallest absolute Gasteiger partial charge is 0.150 e. The average molecular weight is 419 g/mol. The summed E-state index contributed by atoms with van der Waals surface area (Å²) < 4.78 is 7.83. The van der Waals surface area contributed by atoms with Gasteiger partial charge in [-0.25, -0.2) is 9.97 Å². The van der Waals surface area contributed by atoms with Crippen molar-refractivity contribution in [2.75, 3.05) is 32.0 Å². The number of anilines is 1. The second-order valence-corrected chi connectivity index (χ2v) is 7.09. The zero-order valence-corrected chi connectivity index (χ0v) is 17.0. The van der Waals surface area contributed by atoms with Crippen LogP contribution in [0, 0.1) is 0 Å². The molecule has 0 atom stereocenters. The van der Waals surface area contributed by atoms with Gasteiger partial charge in [0.15, 0.2) is 5.65 Å². The molecule has 2 aromatic carbocycles. The number of aliphatic hydroxyl groups is 1. The van der Waals surface area contributed by atoms with Crippen molar-refractivity contribution in [1.82, 2.24) is 19.9 Å². The van der Waals surface area contributed by atoms with Crippen LogP contribution in [-0.4, -0.2) is 51.1 Å². The maximum absolute atomic E-state index is 9.92. The first-order valence-electron chi connectivity index (χ1n) is 10.1. The van der Waals surface area contributed by atoms with Crippen LogP contribution >= 0.6 is 0 Å². The summed E-state index contributed by atoms with van der Waals surface area (Å²) in [6, 6.07) is 14.8. The molecule has 0 unspecified atom stereocenters. The predicted molar refractivity (Wildman–Crippen MR) is 120 cm³/mol. The number of nitrogens with one attached hydrogen (secondary N) is 1. The number of nitrogens with two attached hydrogens (primary N) is 1. The Balaban J connectivity index is 1.65. The van der Waals surface area contributed by atoms with Gasteiger partial charge in [-0.15, -0.1) is 0 Å². The number of ether oxygens (including phenoxy) is 1. The van der Waals surface area contributed by atoms with Gasteiger partial charge in [-0.1, -0.05) is 18.2 Å². The number of aromatic nitrogens is 3. The molecular formula is C23H25N5O3. The molecule has 0 fully saturated rings. The van der Waals surface area contributed by atoms with Crippen LogP contribution in [0.4, 0.5) is 5.82 Å². The standard InChI is InChI=1S/C23H25N5O3/c24-22-21-20(16-4-1-6-18(30)12-16)14-28(23(21)27-15-26-22)17-5-2-7-19(13-17)31-11-3-8-25-9-10-29/h1-2,4-7,12-15,25,29-30H,3,8-11H2,(H2,24,26,27). The molecule has 2 aromatic heterocycles. The second-order valence-electron chi connectivity index (χ2n) is 7.09. The fourth-order valence-corrected chi connectivity index (χ4v) is 3.49. The first kappa shape index (κ1) is 20.6. The van der Waals surface area contributed by atoms with E-state index in [1.165, 1.54) is 6.33 Å². The Kier molecular flexibility index (Phi) is 6.30. The summed E-state index contributed by atoms with van der Waals surface area (Å²) in [5.41, 5.74) is 9.42. The Morgan fingerprint density at radius 3 is 2.77 bits per heavy atom. The Labute approximate surface area is 180 Å². The van der Waals surface area contributed by atoms with Crippen molar-refractivity contribution in [2.45, 2.75) is 6.42 Å². The van der Waals surface area contributed by atoms with E-state index in [1.807, 2.05) is 41.1 Å². The molecule has 0 aliphatic heterocycles. The van der Waals surface area contributed by atoms with Crippen molar-refractivity contribution < 1.29 is 14.9 Å². The molecule has 0 amide bonds. The van der Waals surface area contributed by atoms with Gasteiger partial charge in [0.2, 0.25) is 0 Å². The lowest BCUT2D eigenvalue weighted by Crippen LogP contribution is -2.20. The van der Waals surface area contributed by atoms with Crippen LogP contribution < -0.4 is 15.8 Å². The number of phenolic OH excluding ortho intramolecular Hbond substituents is 1. The van der Waals surface area contributed by atoms with E-state index >= 15 is 0 Å². The van der Waals surface area contributed by atoms with Crippen molar-refractivity contribution in [1.29, 1.82) is 0 Å². The highest BCUT2D eigenvalue weighted by Gasteiger charge is 2.16. The molecule has 0 radical (unpaired) electrons. The number of fused-ring (bicyclic) bond motifs is 1. The summed E-state index contributed by atoms with van der Waals surface area (Å²) in [6.07, 6.45) is 4.23. The summed E-state index contributed by atoms with van der Waals surface area (Å²) in [5, 5.41) is 22.6. The van der Waals surface area contributed by atoms with Crippen LogP contribution in [-0.2, 0) is 0 Å². The number of hydrogen-bond donors (Lipinski definition) is 4. The van der Waals surface area contributed by atoms with Crippen LogP contribution in [0.3, 0.4) is 0 Å². The van der Waals surface area contributed by atoms with Gasteiger partial charge in [0.25, 0.3) is 0 Å². The van der Waals surface area contributed by atoms with E-state index in [1.54, 1.807) is 18.2 Å². The first-order valence-corrected chi connectivity index (χ1v) is 10.1. The lowest BCUT2D eigenvalue weighted by atomic mass is 10.1. The summed E-state index contributed by atoms with van der Waals surface area (Å²) in [5.74, 6) is 1.31. The lowest BCUT2D eigenvalue weighted by molar-refractivity contribution is 0.282. The third kappa shape index (κ3) is 4.60. The summed E-state index contributed by atoms with van der Waals surface area (Å²) in [6.45, 7) is 2.07. The van der Waals surface area contributed by atoms with Gasteiger partial charge < -0.3 is 30.6 Å². The van der Waals surface area contributed by atoms with Crippen molar-refractivity contribution in [3.63, 3.8) is 0 Å². The molecule has 4 aromatic rings. The maximum atomic E-state index is 9.92. The van der Waals surface area contributed by atoms with E-state index in [9.17, 15) is 5.11 Å². The number of hydrogen-bond acceptors (Lipinski definition) is 7. The van der Waals surface area contributed by atoms with Crippen LogP contribution in [0.5, 0.6) is 11.5 Å². The van der Waals surface area contributed by atoms with Crippen LogP contribution in [0.15, 0.2) is 61.1 Å². The van der Waals surface area contributed by atoms with Crippen LogP contribution in [0.2, 0.25) is 0 Å². The van der Waals surface area contributed by atoms with Gasteiger partial charge >= 0.3 is 0 Å². The van der Waals surface area contributed by atoms with Gasteiger partial charge in [-0.3, -0.25) is 0 Å². The lowest BCUT2D eigenvalue weighted by Gasteiger charge is -2.10. The largest absolute Gasteiger partial charge is 0.508 e. The van der Waals surface area contributed by atoms with E-state index in [4.69, 9.17) is 15.6 Å². The number of rotatable bonds is 9. The molecule has 0 aliphatic carbocycles. The molecular weight excluding hydrogens is 394 g/mol. The Morgan fingerprint density at radius 1 is 1.06 bits per heavy atom. The molecule has 2 heterocycles. The third-order valence-electron chi connectivity index (χ3n) is 4.92. The van der Waals surface area contributed by atoms with Crippen molar-refractivity contribution >= 4 is 16.9 Å². The van der Waals surface area contributed by atoms with Gasteiger partial charge in [-0.05, 0) is 42.8 Å². The van der Waals surface area contributed by atoms with E-state index in [-0.39, 0.29) is 12.4 Å². The Morgan fingerprint density at radius 2 is 1.94 bits per heavy atom.